The second kappa shape index (κ2) is 6.48. The van der Waals surface area contributed by atoms with Gasteiger partial charge in [0.05, 0.1) is 11.9 Å². The third-order valence-electron chi connectivity index (χ3n) is 3.35. The maximum Gasteiger partial charge on any atom is 0.106 e. The number of pyridine rings is 1. The SMILES string of the molecule is CCc1cccc(CC)c1Nc1cnccc1C(N)=S. The Labute approximate surface area is 125 Å². The number of benzene rings is 1. The fourth-order valence-electron chi connectivity index (χ4n) is 2.25. The van der Waals surface area contributed by atoms with Crippen molar-refractivity contribution in [2.75, 3.05) is 5.32 Å². The van der Waals surface area contributed by atoms with E-state index in [0.29, 0.717) is 4.99 Å². The zero-order chi connectivity index (χ0) is 14.5. The molecule has 1 heterocycles. The molecule has 0 saturated heterocycles. The van der Waals surface area contributed by atoms with Gasteiger partial charge in [-0.15, -0.1) is 0 Å². The van der Waals surface area contributed by atoms with Gasteiger partial charge in [0.25, 0.3) is 0 Å². The van der Waals surface area contributed by atoms with Gasteiger partial charge in [-0.1, -0.05) is 44.3 Å². The van der Waals surface area contributed by atoms with Crippen molar-refractivity contribution < 1.29 is 0 Å². The molecule has 2 rings (SSSR count). The summed E-state index contributed by atoms with van der Waals surface area (Å²) in [5.74, 6) is 0. The molecular formula is C16H19N3S. The van der Waals surface area contributed by atoms with Crippen molar-refractivity contribution in [2.45, 2.75) is 26.7 Å². The number of anilines is 2. The van der Waals surface area contributed by atoms with Gasteiger partial charge < -0.3 is 11.1 Å². The van der Waals surface area contributed by atoms with E-state index in [1.807, 2.05) is 6.07 Å². The Kier molecular flexibility index (Phi) is 4.69. The molecule has 4 heteroatoms. The number of aryl methyl sites for hydroxylation is 2. The molecule has 3 N–H and O–H groups in total. The van der Waals surface area contributed by atoms with Crippen LogP contribution in [0.4, 0.5) is 11.4 Å². The van der Waals surface area contributed by atoms with Crippen LogP contribution in [0.1, 0.15) is 30.5 Å². The van der Waals surface area contributed by atoms with Crippen LogP contribution in [-0.4, -0.2) is 9.97 Å². The molecule has 0 saturated carbocycles. The number of aromatic nitrogens is 1. The Balaban J connectivity index is 2.47. The number of thiocarbonyl (C=S) groups is 1. The van der Waals surface area contributed by atoms with Gasteiger partial charge in [0.2, 0.25) is 0 Å². The van der Waals surface area contributed by atoms with Crippen molar-refractivity contribution in [1.82, 2.24) is 4.98 Å². The average molecular weight is 285 g/mol. The van der Waals surface area contributed by atoms with Crippen LogP contribution in [0.3, 0.4) is 0 Å². The number of nitrogens with two attached hydrogens (primary N) is 1. The Morgan fingerprint density at radius 3 is 2.40 bits per heavy atom. The molecule has 0 bridgehead atoms. The van der Waals surface area contributed by atoms with Gasteiger partial charge in [-0.25, -0.2) is 0 Å². The topological polar surface area (TPSA) is 50.9 Å². The molecule has 0 fully saturated rings. The third-order valence-corrected chi connectivity index (χ3v) is 3.56. The van der Waals surface area contributed by atoms with Crippen LogP contribution >= 0.6 is 12.2 Å². The van der Waals surface area contributed by atoms with Crippen molar-refractivity contribution in [3.8, 4) is 0 Å². The fraction of sp³-hybridized carbons (Fsp3) is 0.250. The molecule has 0 aliphatic heterocycles. The summed E-state index contributed by atoms with van der Waals surface area (Å²) < 4.78 is 0. The fourth-order valence-corrected chi connectivity index (χ4v) is 2.42. The van der Waals surface area contributed by atoms with Gasteiger partial charge in [-0.2, -0.15) is 0 Å². The zero-order valence-electron chi connectivity index (χ0n) is 11.8. The summed E-state index contributed by atoms with van der Waals surface area (Å²) in [6, 6.07) is 8.21. The Morgan fingerprint density at radius 1 is 1.20 bits per heavy atom. The lowest BCUT2D eigenvalue weighted by Crippen LogP contribution is -2.13. The lowest BCUT2D eigenvalue weighted by Gasteiger charge is -2.17. The van der Waals surface area contributed by atoms with Crippen LogP contribution in [0.15, 0.2) is 36.7 Å². The summed E-state index contributed by atoms with van der Waals surface area (Å²) in [5, 5.41) is 3.46. The second-order valence-electron chi connectivity index (χ2n) is 4.57. The van der Waals surface area contributed by atoms with Crippen molar-refractivity contribution in [1.29, 1.82) is 0 Å². The summed E-state index contributed by atoms with van der Waals surface area (Å²) in [7, 11) is 0. The molecule has 20 heavy (non-hydrogen) atoms. The van der Waals surface area contributed by atoms with Gasteiger partial charge >= 0.3 is 0 Å². The van der Waals surface area contributed by atoms with E-state index in [1.54, 1.807) is 12.4 Å². The number of hydrogen-bond donors (Lipinski definition) is 2. The van der Waals surface area contributed by atoms with E-state index >= 15 is 0 Å². The largest absolute Gasteiger partial charge is 0.389 e. The minimum Gasteiger partial charge on any atom is -0.389 e. The first-order valence-electron chi connectivity index (χ1n) is 6.79. The molecule has 0 aliphatic rings. The summed E-state index contributed by atoms with van der Waals surface area (Å²) >= 11 is 5.10. The molecule has 1 aromatic carbocycles. The van der Waals surface area contributed by atoms with E-state index in [1.165, 1.54) is 11.1 Å². The van der Waals surface area contributed by atoms with E-state index in [4.69, 9.17) is 18.0 Å². The highest BCUT2D eigenvalue weighted by Gasteiger charge is 2.10. The molecule has 0 atom stereocenters. The standard InChI is InChI=1S/C16H19N3S/c1-3-11-6-5-7-12(4-2)15(11)19-14-10-18-9-8-13(14)16(17)20/h5-10,19H,3-4H2,1-2H3,(H2,17,20). The Morgan fingerprint density at radius 2 is 1.85 bits per heavy atom. The monoisotopic (exact) mass is 285 g/mol. The highest BCUT2D eigenvalue weighted by Crippen LogP contribution is 2.27. The molecule has 1 aromatic heterocycles. The number of para-hydroxylation sites is 1. The molecule has 104 valence electrons. The van der Waals surface area contributed by atoms with E-state index in [9.17, 15) is 0 Å². The maximum absolute atomic E-state index is 5.77. The van der Waals surface area contributed by atoms with Crippen molar-refractivity contribution in [2.24, 2.45) is 5.73 Å². The first kappa shape index (κ1) is 14.5. The van der Waals surface area contributed by atoms with Gasteiger partial charge in [0, 0.05) is 17.4 Å². The van der Waals surface area contributed by atoms with Gasteiger partial charge in [0.1, 0.15) is 4.99 Å². The molecule has 0 aliphatic carbocycles. The van der Waals surface area contributed by atoms with Crippen LogP contribution in [-0.2, 0) is 12.8 Å². The van der Waals surface area contributed by atoms with Crippen LogP contribution in [0.25, 0.3) is 0 Å². The normalized spacial score (nSPS) is 10.3. The molecule has 0 radical (unpaired) electrons. The van der Waals surface area contributed by atoms with Crippen molar-refractivity contribution in [3.63, 3.8) is 0 Å². The van der Waals surface area contributed by atoms with Gasteiger partial charge in [0.15, 0.2) is 0 Å². The molecule has 0 unspecified atom stereocenters. The number of hydrogen-bond acceptors (Lipinski definition) is 3. The quantitative estimate of drug-likeness (QED) is 0.824. The maximum atomic E-state index is 5.77. The third kappa shape index (κ3) is 2.96. The highest BCUT2D eigenvalue weighted by atomic mass is 32.1. The number of nitrogens with zero attached hydrogens (tertiary/aromatic N) is 1. The van der Waals surface area contributed by atoms with E-state index in [2.05, 4.69) is 42.3 Å². The van der Waals surface area contributed by atoms with Gasteiger partial charge in [-0.05, 0) is 30.0 Å². The van der Waals surface area contributed by atoms with E-state index in [0.717, 1.165) is 29.8 Å². The zero-order valence-corrected chi connectivity index (χ0v) is 12.6. The summed E-state index contributed by atoms with van der Waals surface area (Å²) in [6.07, 6.45) is 5.41. The van der Waals surface area contributed by atoms with E-state index in [-0.39, 0.29) is 0 Å². The lowest BCUT2D eigenvalue weighted by atomic mass is 10.0. The molecule has 2 aromatic rings. The van der Waals surface area contributed by atoms with Crippen LogP contribution < -0.4 is 11.1 Å². The molecule has 0 amide bonds. The first-order valence-corrected chi connectivity index (χ1v) is 7.19. The summed E-state index contributed by atoms with van der Waals surface area (Å²) in [5.41, 5.74) is 11.2. The van der Waals surface area contributed by atoms with Gasteiger partial charge in [-0.3, -0.25) is 4.98 Å². The number of rotatable bonds is 5. The molecular weight excluding hydrogens is 266 g/mol. The minimum atomic E-state index is 0.377. The average Bonchev–Trinajstić information content (AvgIpc) is 2.47. The van der Waals surface area contributed by atoms with Crippen LogP contribution in [0, 0.1) is 0 Å². The van der Waals surface area contributed by atoms with Crippen LogP contribution in [0.2, 0.25) is 0 Å². The van der Waals surface area contributed by atoms with Crippen molar-refractivity contribution in [3.05, 3.63) is 53.3 Å². The van der Waals surface area contributed by atoms with Crippen molar-refractivity contribution >= 4 is 28.6 Å². The highest BCUT2D eigenvalue weighted by molar-refractivity contribution is 7.80. The summed E-state index contributed by atoms with van der Waals surface area (Å²) in [6.45, 7) is 4.30. The molecule has 0 spiro atoms. The minimum absolute atomic E-state index is 0.377. The van der Waals surface area contributed by atoms with Crippen LogP contribution in [0.5, 0.6) is 0 Å². The Bertz CT molecular complexity index is 601. The van der Waals surface area contributed by atoms with E-state index < -0.39 is 0 Å². The molecule has 3 nitrogen and oxygen atoms in total. The Hall–Kier alpha value is -1.94. The summed E-state index contributed by atoms with van der Waals surface area (Å²) in [4.78, 5) is 4.53. The predicted octanol–water partition coefficient (Wildman–Crippen LogP) is 3.58. The smallest absolute Gasteiger partial charge is 0.106 e. The number of nitrogens with one attached hydrogen (secondary N) is 1. The predicted molar refractivity (Wildman–Crippen MR) is 88.6 cm³/mol. The first-order chi connectivity index (χ1) is 9.67. The lowest BCUT2D eigenvalue weighted by molar-refractivity contribution is 1.09. The second-order valence-corrected chi connectivity index (χ2v) is 5.01.